The number of esters is 2. The molecule has 51 heavy (non-hydrogen) atoms. The van der Waals surface area contributed by atoms with Crippen molar-refractivity contribution < 1.29 is 28.5 Å². The van der Waals surface area contributed by atoms with Crippen molar-refractivity contribution in [1.82, 2.24) is 14.3 Å². The number of rotatable bonds is 11. The Labute approximate surface area is 298 Å². The second-order valence-corrected chi connectivity index (χ2v) is 12.9. The molecule has 1 aliphatic heterocycles. The van der Waals surface area contributed by atoms with Crippen LogP contribution in [0.2, 0.25) is 0 Å². The van der Waals surface area contributed by atoms with Gasteiger partial charge in [-0.3, -0.25) is 14.2 Å². The van der Waals surface area contributed by atoms with Crippen LogP contribution < -0.4 is 29.1 Å². The Morgan fingerprint density at radius 3 is 2.43 bits per heavy atom. The molecule has 0 bridgehead atoms. The van der Waals surface area contributed by atoms with E-state index in [-0.39, 0.29) is 29.2 Å². The SMILES string of the molecule is CCCOc1ccc(-c2nn(-c3ccccc3)cc2/C=c2\sc3n(c2=O)C(c2ccc(OC(C)=O)c(OC)c2)C(C(=O)OCC)=C(C)N=3)cc1C. The van der Waals surface area contributed by atoms with Gasteiger partial charge in [0, 0.05) is 24.2 Å². The van der Waals surface area contributed by atoms with Crippen molar-refractivity contribution >= 4 is 29.4 Å². The monoisotopic (exact) mass is 706 g/mol. The number of ether oxygens (including phenoxy) is 4. The van der Waals surface area contributed by atoms with Crippen molar-refractivity contribution in [2.45, 2.75) is 47.1 Å². The van der Waals surface area contributed by atoms with Crippen LogP contribution in [-0.4, -0.2) is 46.6 Å². The average Bonchev–Trinajstić information content (AvgIpc) is 3.67. The quantitative estimate of drug-likeness (QED) is 0.127. The van der Waals surface area contributed by atoms with Crippen molar-refractivity contribution in [2.75, 3.05) is 20.3 Å². The van der Waals surface area contributed by atoms with Gasteiger partial charge in [-0.2, -0.15) is 5.10 Å². The van der Waals surface area contributed by atoms with Gasteiger partial charge in [0.25, 0.3) is 5.56 Å². The van der Waals surface area contributed by atoms with Crippen molar-refractivity contribution in [3.8, 4) is 34.2 Å². The molecule has 0 N–H and O–H groups in total. The molecule has 5 aromatic rings. The number of hydrogen-bond donors (Lipinski definition) is 0. The van der Waals surface area contributed by atoms with E-state index in [1.54, 1.807) is 36.7 Å². The number of hydrogen-bond acceptors (Lipinski definition) is 10. The average molecular weight is 707 g/mol. The highest BCUT2D eigenvalue weighted by Crippen LogP contribution is 2.36. The van der Waals surface area contributed by atoms with E-state index in [1.165, 1.54) is 29.9 Å². The molecule has 0 aliphatic carbocycles. The lowest BCUT2D eigenvalue weighted by molar-refractivity contribution is -0.139. The highest BCUT2D eigenvalue weighted by Gasteiger charge is 2.34. The van der Waals surface area contributed by atoms with E-state index in [1.807, 2.05) is 67.7 Å². The maximum atomic E-state index is 14.5. The number of fused-ring (bicyclic) bond motifs is 1. The lowest BCUT2D eigenvalue weighted by Crippen LogP contribution is -2.40. The number of aromatic nitrogens is 3. The summed E-state index contributed by atoms with van der Waals surface area (Å²) < 4.78 is 25.9. The van der Waals surface area contributed by atoms with Crippen LogP contribution in [0, 0.1) is 6.92 Å². The summed E-state index contributed by atoms with van der Waals surface area (Å²) in [7, 11) is 1.45. The summed E-state index contributed by atoms with van der Waals surface area (Å²) in [4.78, 5) is 44.8. The van der Waals surface area contributed by atoms with E-state index in [4.69, 9.17) is 29.0 Å². The highest BCUT2D eigenvalue weighted by atomic mass is 32.1. The Morgan fingerprint density at radius 1 is 0.980 bits per heavy atom. The third kappa shape index (κ3) is 7.13. The molecule has 0 saturated heterocycles. The van der Waals surface area contributed by atoms with E-state index >= 15 is 0 Å². The summed E-state index contributed by atoms with van der Waals surface area (Å²) in [6.07, 6.45) is 4.61. The minimum Gasteiger partial charge on any atom is -0.493 e. The van der Waals surface area contributed by atoms with Gasteiger partial charge in [0.2, 0.25) is 0 Å². The molecule has 0 amide bonds. The van der Waals surface area contributed by atoms with E-state index in [0.717, 1.165) is 34.5 Å². The number of allylic oxidation sites excluding steroid dienone is 1. The predicted molar refractivity (Wildman–Crippen MR) is 194 cm³/mol. The Kier molecular flexibility index (Phi) is 10.3. The molecule has 6 rings (SSSR count). The van der Waals surface area contributed by atoms with Crippen molar-refractivity contribution in [3.05, 3.63) is 121 Å². The largest absolute Gasteiger partial charge is 0.493 e. The topological polar surface area (TPSA) is 123 Å². The van der Waals surface area contributed by atoms with Gasteiger partial charge in [0.15, 0.2) is 16.3 Å². The van der Waals surface area contributed by atoms with Crippen molar-refractivity contribution in [3.63, 3.8) is 0 Å². The number of nitrogens with zero attached hydrogens (tertiary/aromatic N) is 4. The van der Waals surface area contributed by atoms with Crippen LogP contribution in [0.15, 0.2) is 94.0 Å². The van der Waals surface area contributed by atoms with Gasteiger partial charge in [0.1, 0.15) is 11.4 Å². The Morgan fingerprint density at radius 2 is 1.75 bits per heavy atom. The lowest BCUT2D eigenvalue weighted by Gasteiger charge is -2.25. The second-order valence-electron chi connectivity index (χ2n) is 11.8. The van der Waals surface area contributed by atoms with Gasteiger partial charge in [-0.15, -0.1) is 0 Å². The standard InChI is InChI=1S/C39H38N4O7S/c1-7-18-49-30-16-14-26(19-23(30)3)35-28(22-42(41-35)29-12-10-9-11-13-29)21-33-37(45)43-36(27-15-17-31(50-25(5)44)32(20-27)47-6)34(38(46)48-8-2)24(4)40-39(43)51-33/h9-17,19-22,36H,7-8,18H2,1-6H3/b33-21-. The van der Waals surface area contributed by atoms with Gasteiger partial charge in [-0.1, -0.05) is 42.5 Å². The predicted octanol–water partition coefficient (Wildman–Crippen LogP) is 5.68. The van der Waals surface area contributed by atoms with E-state index < -0.39 is 18.0 Å². The number of aryl methyl sites for hydroxylation is 1. The molecule has 0 fully saturated rings. The first-order chi connectivity index (χ1) is 24.6. The van der Waals surface area contributed by atoms with Crippen LogP contribution in [0.1, 0.15) is 56.8 Å². The fourth-order valence-electron chi connectivity index (χ4n) is 5.94. The lowest BCUT2D eigenvalue weighted by atomic mass is 9.95. The molecule has 262 valence electrons. The molecule has 12 heteroatoms. The molecular weight excluding hydrogens is 669 g/mol. The Bertz CT molecular complexity index is 2340. The highest BCUT2D eigenvalue weighted by molar-refractivity contribution is 7.07. The van der Waals surface area contributed by atoms with Crippen LogP contribution in [0.3, 0.4) is 0 Å². The van der Waals surface area contributed by atoms with E-state index in [0.29, 0.717) is 32.9 Å². The molecule has 11 nitrogen and oxygen atoms in total. The molecule has 0 spiro atoms. The first-order valence-corrected chi connectivity index (χ1v) is 17.4. The zero-order chi connectivity index (χ0) is 36.2. The molecule has 1 aliphatic rings. The van der Waals surface area contributed by atoms with Gasteiger partial charge in [-0.25, -0.2) is 14.5 Å². The summed E-state index contributed by atoms with van der Waals surface area (Å²) >= 11 is 1.22. The zero-order valence-corrected chi connectivity index (χ0v) is 30.1. The number of benzene rings is 3. The van der Waals surface area contributed by atoms with Crippen molar-refractivity contribution in [1.29, 1.82) is 0 Å². The molecule has 1 unspecified atom stereocenters. The fourth-order valence-corrected chi connectivity index (χ4v) is 6.98. The molecule has 0 radical (unpaired) electrons. The molecule has 1 atom stereocenters. The van der Waals surface area contributed by atoms with Crippen LogP contribution in [0.25, 0.3) is 23.0 Å². The third-order valence-corrected chi connectivity index (χ3v) is 9.22. The van der Waals surface area contributed by atoms with Crippen LogP contribution in [0.5, 0.6) is 17.2 Å². The molecular formula is C39H38N4O7S. The summed E-state index contributed by atoms with van der Waals surface area (Å²) in [5, 5.41) is 4.97. The Balaban J connectivity index is 1.54. The van der Waals surface area contributed by atoms with Gasteiger partial charge < -0.3 is 18.9 Å². The van der Waals surface area contributed by atoms with Crippen LogP contribution >= 0.6 is 11.3 Å². The number of para-hydroxylation sites is 1. The summed E-state index contributed by atoms with van der Waals surface area (Å²) in [6, 6.07) is 19.7. The smallest absolute Gasteiger partial charge is 0.338 e. The number of methoxy groups -OCH3 is 1. The van der Waals surface area contributed by atoms with Crippen LogP contribution in [-0.2, 0) is 14.3 Å². The van der Waals surface area contributed by atoms with E-state index in [2.05, 4.69) is 6.92 Å². The molecule has 2 aromatic heterocycles. The molecule has 3 aromatic carbocycles. The first-order valence-electron chi connectivity index (χ1n) is 16.6. The number of carbonyl (C=O) groups is 2. The van der Waals surface area contributed by atoms with Crippen molar-refractivity contribution in [2.24, 2.45) is 4.99 Å². The Hall–Kier alpha value is -5.75. The zero-order valence-electron chi connectivity index (χ0n) is 29.3. The first kappa shape index (κ1) is 35.1. The maximum absolute atomic E-state index is 14.5. The second kappa shape index (κ2) is 15.0. The molecule has 0 saturated carbocycles. The van der Waals surface area contributed by atoms with Gasteiger partial charge in [-0.05, 0) is 86.9 Å². The minimum absolute atomic E-state index is 0.140. The fraction of sp³-hybridized carbons (Fsp3) is 0.256. The van der Waals surface area contributed by atoms with Crippen LogP contribution in [0.4, 0.5) is 0 Å². The van der Waals surface area contributed by atoms with E-state index in [9.17, 15) is 14.4 Å². The number of thiazole rings is 1. The minimum atomic E-state index is -0.896. The van der Waals surface area contributed by atoms with Gasteiger partial charge in [0.05, 0.1) is 47.9 Å². The van der Waals surface area contributed by atoms with Gasteiger partial charge >= 0.3 is 11.9 Å². The summed E-state index contributed by atoms with van der Waals surface area (Å²) in [5.41, 5.74) is 4.94. The third-order valence-electron chi connectivity index (χ3n) is 8.23. The number of carbonyl (C=O) groups excluding carboxylic acids is 2. The summed E-state index contributed by atoms with van der Waals surface area (Å²) in [5.74, 6) is 0.185. The maximum Gasteiger partial charge on any atom is 0.338 e. The normalized spacial score (nSPS) is 14.2. The summed E-state index contributed by atoms with van der Waals surface area (Å²) in [6.45, 7) is 9.56. The molecule has 3 heterocycles.